The molecule has 0 aliphatic carbocycles. The lowest BCUT2D eigenvalue weighted by molar-refractivity contribution is -0.138. The zero-order valence-electron chi connectivity index (χ0n) is 18.1. The summed E-state index contributed by atoms with van der Waals surface area (Å²) in [6.45, 7) is 4.74. The Morgan fingerprint density at radius 1 is 1.09 bits per heavy atom. The molecule has 0 aliphatic heterocycles. The van der Waals surface area contributed by atoms with Gasteiger partial charge < -0.3 is 19.7 Å². The van der Waals surface area contributed by atoms with Crippen LogP contribution in [0.3, 0.4) is 0 Å². The SMILES string of the molecule is Cc1noc(-c2ccc(C(=O)NC(C)C(=O)O)cc2)c1NC(=O)O[C@H](C)c1ccccc1Cl. The highest BCUT2D eigenvalue weighted by Gasteiger charge is 2.21. The van der Waals surface area contributed by atoms with Gasteiger partial charge in [0, 0.05) is 21.7 Å². The first-order valence-corrected chi connectivity index (χ1v) is 10.4. The molecule has 1 aromatic heterocycles. The van der Waals surface area contributed by atoms with E-state index in [9.17, 15) is 14.4 Å². The molecule has 2 aromatic carbocycles. The molecule has 33 heavy (non-hydrogen) atoms. The average molecular weight is 472 g/mol. The minimum Gasteiger partial charge on any atom is -0.480 e. The van der Waals surface area contributed by atoms with Gasteiger partial charge in [0.1, 0.15) is 23.5 Å². The van der Waals surface area contributed by atoms with Crippen molar-refractivity contribution in [2.75, 3.05) is 5.32 Å². The summed E-state index contributed by atoms with van der Waals surface area (Å²) in [5.41, 5.74) is 2.24. The van der Waals surface area contributed by atoms with Crippen molar-refractivity contribution in [3.8, 4) is 11.3 Å². The fraction of sp³-hybridized carbons (Fsp3) is 0.217. The summed E-state index contributed by atoms with van der Waals surface area (Å²) in [5, 5.41) is 18.3. The van der Waals surface area contributed by atoms with E-state index in [0.29, 0.717) is 27.5 Å². The Labute approximate surface area is 194 Å². The van der Waals surface area contributed by atoms with Gasteiger partial charge in [-0.25, -0.2) is 4.79 Å². The number of carboxylic acids is 1. The normalized spacial score (nSPS) is 12.5. The number of aromatic nitrogens is 1. The molecule has 0 saturated heterocycles. The highest BCUT2D eigenvalue weighted by Crippen LogP contribution is 2.32. The Morgan fingerprint density at radius 3 is 2.39 bits per heavy atom. The molecule has 0 radical (unpaired) electrons. The van der Waals surface area contributed by atoms with Gasteiger partial charge >= 0.3 is 12.1 Å². The first-order chi connectivity index (χ1) is 15.7. The van der Waals surface area contributed by atoms with E-state index >= 15 is 0 Å². The van der Waals surface area contributed by atoms with E-state index in [-0.39, 0.29) is 11.3 Å². The third-order valence-electron chi connectivity index (χ3n) is 4.84. The average Bonchev–Trinajstić information content (AvgIpc) is 3.13. The van der Waals surface area contributed by atoms with Crippen LogP contribution in [0.15, 0.2) is 53.1 Å². The van der Waals surface area contributed by atoms with Gasteiger partial charge in [-0.1, -0.05) is 47.1 Å². The second kappa shape index (κ2) is 10.2. The van der Waals surface area contributed by atoms with Gasteiger partial charge in [-0.2, -0.15) is 0 Å². The summed E-state index contributed by atoms with van der Waals surface area (Å²) >= 11 is 6.16. The highest BCUT2D eigenvalue weighted by atomic mass is 35.5. The number of anilines is 1. The summed E-state index contributed by atoms with van der Waals surface area (Å²) in [7, 11) is 0. The monoisotopic (exact) mass is 471 g/mol. The van der Waals surface area contributed by atoms with Crippen LogP contribution in [-0.2, 0) is 9.53 Å². The molecular weight excluding hydrogens is 450 g/mol. The molecule has 172 valence electrons. The van der Waals surface area contributed by atoms with Crippen molar-refractivity contribution >= 4 is 35.3 Å². The van der Waals surface area contributed by atoms with Crippen LogP contribution in [0.4, 0.5) is 10.5 Å². The number of aliphatic carboxylic acids is 1. The predicted octanol–water partition coefficient (Wildman–Crippen LogP) is 4.82. The lowest BCUT2D eigenvalue weighted by Gasteiger charge is -2.15. The Balaban J connectivity index is 1.73. The Kier molecular flexibility index (Phi) is 7.34. The first-order valence-electron chi connectivity index (χ1n) is 9.99. The van der Waals surface area contributed by atoms with Crippen molar-refractivity contribution < 1.29 is 28.8 Å². The van der Waals surface area contributed by atoms with Crippen LogP contribution in [0, 0.1) is 6.92 Å². The number of carboxylic acid groups (broad SMARTS) is 1. The highest BCUT2D eigenvalue weighted by molar-refractivity contribution is 6.31. The Hall–Kier alpha value is -3.85. The number of aryl methyl sites for hydroxylation is 1. The Morgan fingerprint density at radius 2 is 1.76 bits per heavy atom. The molecule has 1 heterocycles. The Bertz CT molecular complexity index is 1180. The van der Waals surface area contributed by atoms with Crippen LogP contribution in [0.25, 0.3) is 11.3 Å². The van der Waals surface area contributed by atoms with Gasteiger partial charge in [0.2, 0.25) is 0 Å². The second-order valence-electron chi connectivity index (χ2n) is 7.28. The van der Waals surface area contributed by atoms with E-state index in [1.54, 1.807) is 50.2 Å². The van der Waals surface area contributed by atoms with Crippen LogP contribution >= 0.6 is 11.6 Å². The van der Waals surface area contributed by atoms with E-state index in [2.05, 4.69) is 15.8 Å². The summed E-state index contributed by atoms with van der Waals surface area (Å²) in [4.78, 5) is 35.6. The zero-order valence-corrected chi connectivity index (χ0v) is 18.8. The van der Waals surface area contributed by atoms with Crippen LogP contribution in [0.2, 0.25) is 5.02 Å². The third kappa shape index (κ3) is 5.69. The molecule has 2 amide bonds. The van der Waals surface area contributed by atoms with Gasteiger partial charge in [0.15, 0.2) is 5.76 Å². The molecule has 1 unspecified atom stereocenters. The number of hydrogen-bond acceptors (Lipinski definition) is 6. The summed E-state index contributed by atoms with van der Waals surface area (Å²) in [5.74, 6) is -1.38. The summed E-state index contributed by atoms with van der Waals surface area (Å²) < 4.78 is 10.8. The van der Waals surface area contributed by atoms with E-state index < -0.39 is 30.1 Å². The van der Waals surface area contributed by atoms with Crippen molar-refractivity contribution in [3.63, 3.8) is 0 Å². The topological polar surface area (TPSA) is 131 Å². The van der Waals surface area contributed by atoms with Gasteiger partial charge in [0.25, 0.3) is 5.91 Å². The number of halogens is 1. The number of nitrogens with zero attached hydrogens (tertiary/aromatic N) is 1. The maximum absolute atomic E-state index is 12.5. The number of hydrogen-bond donors (Lipinski definition) is 3. The predicted molar refractivity (Wildman–Crippen MR) is 121 cm³/mol. The quantitative estimate of drug-likeness (QED) is 0.450. The molecule has 0 saturated carbocycles. The molecule has 3 N–H and O–H groups in total. The molecule has 3 rings (SSSR count). The van der Waals surface area contributed by atoms with E-state index in [0.717, 1.165) is 0 Å². The number of rotatable bonds is 7. The fourth-order valence-corrected chi connectivity index (χ4v) is 3.28. The minimum atomic E-state index is -1.14. The van der Waals surface area contributed by atoms with Gasteiger partial charge in [-0.15, -0.1) is 0 Å². The number of ether oxygens (including phenoxy) is 1. The van der Waals surface area contributed by atoms with Crippen molar-refractivity contribution in [2.45, 2.75) is 32.9 Å². The van der Waals surface area contributed by atoms with Gasteiger partial charge in [0.05, 0.1) is 0 Å². The summed E-state index contributed by atoms with van der Waals surface area (Å²) in [6.07, 6.45) is -1.30. The number of carbonyl (C=O) groups excluding carboxylic acids is 2. The van der Waals surface area contributed by atoms with Gasteiger partial charge in [-0.05, 0) is 39.0 Å². The fourth-order valence-electron chi connectivity index (χ4n) is 2.99. The van der Waals surface area contributed by atoms with E-state index in [1.165, 1.54) is 19.1 Å². The van der Waals surface area contributed by atoms with Crippen LogP contribution < -0.4 is 10.6 Å². The van der Waals surface area contributed by atoms with Crippen molar-refractivity contribution in [1.82, 2.24) is 10.5 Å². The van der Waals surface area contributed by atoms with Crippen LogP contribution in [-0.4, -0.2) is 34.3 Å². The van der Waals surface area contributed by atoms with Crippen LogP contribution in [0.1, 0.15) is 41.6 Å². The largest absolute Gasteiger partial charge is 0.480 e. The standard InChI is InChI=1S/C23H22ClN3O6/c1-12-19(26-23(31)32-14(3)17-6-4-5-7-18(17)24)20(33-27-12)15-8-10-16(11-9-15)21(28)25-13(2)22(29)30/h4-11,13-14H,1-3H3,(H,25,28)(H,26,31)(H,29,30)/t13?,14-/m1/s1. The molecule has 0 fully saturated rings. The molecule has 0 bridgehead atoms. The molecule has 2 atom stereocenters. The maximum atomic E-state index is 12.5. The van der Waals surface area contributed by atoms with Crippen molar-refractivity contribution in [3.05, 3.63) is 70.4 Å². The van der Waals surface area contributed by atoms with Gasteiger partial charge in [-0.3, -0.25) is 14.9 Å². The molecule has 10 heteroatoms. The summed E-state index contributed by atoms with van der Waals surface area (Å²) in [6, 6.07) is 12.3. The van der Waals surface area contributed by atoms with Crippen LogP contribution in [0.5, 0.6) is 0 Å². The lowest BCUT2D eigenvalue weighted by Crippen LogP contribution is -2.38. The molecular formula is C23H22ClN3O6. The lowest BCUT2D eigenvalue weighted by atomic mass is 10.1. The molecule has 0 spiro atoms. The molecule has 9 nitrogen and oxygen atoms in total. The third-order valence-corrected chi connectivity index (χ3v) is 5.19. The maximum Gasteiger partial charge on any atom is 0.412 e. The molecule has 3 aromatic rings. The first kappa shape index (κ1) is 23.8. The van der Waals surface area contributed by atoms with Crippen molar-refractivity contribution in [1.29, 1.82) is 0 Å². The van der Waals surface area contributed by atoms with E-state index in [4.69, 9.17) is 26.0 Å². The van der Waals surface area contributed by atoms with Crippen molar-refractivity contribution in [2.24, 2.45) is 0 Å². The van der Waals surface area contributed by atoms with E-state index in [1.807, 2.05) is 0 Å². The number of carbonyl (C=O) groups is 3. The number of nitrogens with one attached hydrogen (secondary N) is 2. The zero-order chi connectivity index (χ0) is 24.1. The smallest absolute Gasteiger partial charge is 0.412 e. The number of amides is 2. The minimum absolute atomic E-state index is 0.269. The second-order valence-corrected chi connectivity index (χ2v) is 7.68. The molecule has 0 aliphatic rings. The number of benzene rings is 2.